The Labute approximate surface area is 139 Å². The summed E-state index contributed by atoms with van der Waals surface area (Å²) in [5.41, 5.74) is 2.44. The van der Waals surface area contributed by atoms with E-state index in [-0.39, 0.29) is 0 Å². The third-order valence-electron chi connectivity index (χ3n) is 4.04. The normalized spacial score (nSPS) is 12.8. The number of hydrogen-bond acceptors (Lipinski definition) is 2. The molecule has 1 aromatic rings. The zero-order chi connectivity index (χ0) is 15.7. The van der Waals surface area contributed by atoms with Gasteiger partial charge in [-0.1, -0.05) is 46.0 Å². The van der Waals surface area contributed by atoms with Gasteiger partial charge in [0.25, 0.3) is 0 Å². The van der Waals surface area contributed by atoms with Crippen LogP contribution in [0.1, 0.15) is 70.7 Å². The third-order valence-corrected chi connectivity index (χ3v) is 5.07. The number of nitrogens with one attached hydrogen (secondary N) is 1. The van der Waals surface area contributed by atoms with Crippen molar-refractivity contribution in [1.82, 2.24) is 15.1 Å². The second kappa shape index (κ2) is 10.4. The van der Waals surface area contributed by atoms with Crippen LogP contribution in [-0.4, -0.2) is 22.4 Å². The molecule has 1 N–H and O–H groups in total. The first-order chi connectivity index (χ1) is 10.1. The Morgan fingerprint density at radius 3 is 2.48 bits per heavy atom. The summed E-state index contributed by atoms with van der Waals surface area (Å²) >= 11 is 3.71. The highest BCUT2D eigenvalue weighted by molar-refractivity contribution is 9.10. The molecule has 0 aromatic carbocycles. The van der Waals surface area contributed by atoms with Crippen LogP contribution >= 0.6 is 15.9 Å². The van der Waals surface area contributed by atoms with Crippen LogP contribution in [0.25, 0.3) is 0 Å². The second-order valence-electron chi connectivity index (χ2n) is 5.82. The number of aryl methyl sites for hydroxylation is 2. The maximum Gasteiger partial charge on any atom is 0.0738 e. The largest absolute Gasteiger partial charge is 0.314 e. The molecule has 122 valence electrons. The average molecular weight is 358 g/mol. The minimum Gasteiger partial charge on any atom is -0.314 e. The Bertz CT molecular complexity index is 401. The molecule has 1 atom stereocenters. The number of unbranched alkanes of at least 4 members (excludes halogenated alkanes) is 4. The zero-order valence-corrected chi connectivity index (χ0v) is 15.8. The van der Waals surface area contributed by atoms with Crippen LogP contribution < -0.4 is 5.32 Å². The highest BCUT2D eigenvalue weighted by Crippen LogP contribution is 2.23. The van der Waals surface area contributed by atoms with Crippen molar-refractivity contribution in [2.24, 2.45) is 0 Å². The predicted octanol–water partition coefficient (Wildman–Crippen LogP) is 4.86. The first-order valence-corrected chi connectivity index (χ1v) is 9.38. The van der Waals surface area contributed by atoms with Gasteiger partial charge in [0.1, 0.15) is 0 Å². The van der Waals surface area contributed by atoms with E-state index >= 15 is 0 Å². The van der Waals surface area contributed by atoms with Gasteiger partial charge in [0.2, 0.25) is 0 Å². The number of halogens is 1. The van der Waals surface area contributed by atoms with Gasteiger partial charge in [-0.25, -0.2) is 0 Å². The number of likely N-dealkylation sites (N-methyl/N-ethyl adjacent to an activating group) is 1. The molecular formula is C17H32BrN3. The predicted molar refractivity (Wildman–Crippen MR) is 94.9 cm³/mol. The minimum atomic E-state index is 0.564. The van der Waals surface area contributed by atoms with E-state index in [1.165, 1.54) is 48.7 Å². The molecule has 0 radical (unpaired) electrons. The molecule has 1 unspecified atom stereocenters. The van der Waals surface area contributed by atoms with Crippen LogP contribution in [0.15, 0.2) is 4.47 Å². The number of nitrogens with zero attached hydrogens (tertiary/aromatic N) is 2. The molecule has 0 bridgehead atoms. The molecule has 4 heteroatoms. The van der Waals surface area contributed by atoms with Crippen molar-refractivity contribution in [2.45, 2.75) is 85.2 Å². The van der Waals surface area contributed by atoms with E-state index in [2.05, 4.69) is 58.7 Å². The van der Waals surface area contributed by atoms with Crippen molar-refractivity contribution in [3.63, 3.8) is 0 Å². The molecule has 0 aliphatic heterocycles. The van der Waals surface area contributed by atoms with E-state index < -0.39 is 0 Å². The molecule has 0 saturated heterocycles. The molecule has 1 rings (SSSR count). The van der Waals surface area contributed by atoms with Crippen LogP contribution in [0.5, 0.6) is 0 Å². The Morgan fingerprint density at radius 1 is 1.14 bits per heavy atom. The average Bonchev–Trinajstić information content (AvgIpc) is 2.74. The number of hydrogen-bond donors (Lipinski definition) is 1. The molecule has 0 amide bonds. The molecule has 0 saturated carbocycles. The van der Waals surface area contributed by atoms with Crippen molar-refractivity contribution in [3.8, 4) is 0 Å². The van der Waals surface area contributed by atoms with Crippen LogP contribution in [0.3, 0.4) is 0 Å². The van der Waals surface area contributed by atoms with Crippen LogP contribution in [0.4, 0.5) is 0 Å². The lowest BCUT2D eigenvalue weighted by Gasteiger charge is -2.19. The van der Waals surface area contributed by atoms with Crippen LogP contribution in [0, 0.1) is 6.92 Å². The summed E-state index contributed by atoms with van der Waals surface area (Å²) in [6, 6.07) is 0.564. The lowest BCUT2D eigenvalue weighted by molar-refractivity contribution is 0.446. The Morgan fingerprint density at radius 2 is 1.86 bits per heavy atom. The lowest BCUT2D eigenvalue weighted by atomic mass is 10.0. The van der Waals surface area contributed by atoms with Crippen molar-refractivity contribution >= 4 is 15.9 Å². The SMILES string of the molecule is CCCCCCCC(Cc1c(Br)c(C)nn1CC)NCC. The minimum absolute atomic E-state index is 0.564. The van der Waals surface area contributed by atoms with Gasteiger partial charge in [0.15, 0.2) is 0 Å². The first kappa shape index (κ1) is 18.7. The van der Waals surface area contributed by atoms with Crippen molar-refractivity contribution in [3.05, 3.63) is 15.9 Å². The van der Waals surface area contributed by atoms with E-state index in [0.29, 0.717) is 6.04 Å². The molecular weight excluding hydrogens is 326 g/mol. The van der Waals surface area contributed by atoms with Gasteiger partial charge in [-0.3, -0.25) is 4.68 Å². The van der Waals surface area contributed by atoms with Crippen LogP contribution in [-0.2, 0) is 13.0 Å². The maximum absolute atomic E-state index is 4.60. The zero-order valence-electron chi connectivity index (χ0n) is 14.2. The van der Waals surface area contributed by atoms with E-state index in [1.807, 2.05) is 0 Å². The summed E-state index contributed by atoms with van der Waals surface area (Å²) in [4.78, 5) is 0. The summed E-state index contributed by atoms with van der Waals surface area (Å²) < 4.78 is 3.33. The summed E-state index contributed by atoms with van der Waals surface area (Å²) in [6.07, 6.45) is 9.09. The molecule has 0 spiro atoms. The fourth-order valence-electron chi connectivity index (χ4n) is 2.86. The van der Waals surface area contributed by atoms with Crippen molar-refractivity contribution < 1.29 is 0 Å². The van der Waals surface area contributed by atoms with E-state index in [4.69, 9.17) is 0 Å². The molecule has 0 aliphatic rings. The van der Waals surface area contributed by atoms with E-state index in [1.54, 1.807) is 0 Å². The highest BCUT2D eigenvalue weighted by atomic mass is 79.9. The first-order valence-electron chi connectivity index (χ1n) is 8.59. The standard InChI is InChI=1S/C17H32BrN3/c1-5-8-9-10-11-12-15(19-6-2)13-16-17(18)14(4)20-21(16)7-3/h15,19H,5-13H2,1-4H3. The Balaban J connectivity index is 2.57. The van der Waals surface area contributed by atoms with Gasteiger partial charge in [-0.05, 0) is 42.7 Å². The van der Waals surface area contributed by atoms with Gasteiger partial charge >= 0.3 is 0 Å². The second-order valence-corrected chi connectivity index (χ2v) is 6.62. The Kier molecular flexibility index (Phi) is 9.25. The number of rotatable bonds is 11. The number of aromatic nitrogens is 2. The molecule has 3 nitrogen and oxygen atoms in total. The lowest BCUT2D eigenvalue weighted by Crippen LogP contribution is -2.32. The molecule has 0 aliphatic carbocycles. The highest BCUT2D eigenvalue weighted by Gasteiger charge is 2.16. The Hall–Kier alpha value is -0.350. The summed E-state index contributed by atoms with van der Waals surface area (Å²) in [7, 11) is 0. The van der Waals surface area contributed by atoms with Gasteiger partial charge in [-0.2, -0.15) is 5.10 Å². The molecule has 0 fully saturated rings. The fraction of sp³-hybridized carbons (Fsp3) is 0.824. The van der Waals surface area contributed by atoms with Crippen LogP contribution in [0.2, 0.25) is 0 Å². The van der Waals surface area contributed by atoms with E-state index in [0.717, 1.165) is 25.2 Å². The van der Waals surface area contributed by atoms with Gasteiger partial charge in [0.05, 0.1) is 15.9 Å². The maximum atomic E-state index is 4.60. The third kappa shape index (κ3) is 6.11. The fourth-order valence-corrected chi connectivity index (χ4v) is 3.30. The summed E-state index contributed by atoms with van der Waals surface area (Å²) in [5.74, 6) is 0. The van der Waals surface area contributed by atoms with Crippen molar-refractivity contribution in [1.29, 1.82) is 0 Å². The monoisotopic (exact) mass is 357 g/mol. The topological polar surface area (TPSA) is 29.9 Å². The molecule has 1 heterocycles. The van der Waals surface area contributed by atoms with E-state index in [9.17, 15) is 0 Å². The molecule has 1 aromatic heterocycles. The van der Waals surface area contributed by atoms with Gasteiger partial charge in [0, 0.05) is 19.0 Å². The van der Waals surface area contributed by atoms with Gasteiger partial charge in [-0.15, -0.1) is 0 Å². The van der Waals surface area contributed by atoms with Crippen molar-refractivity contribution in [2.75, 3.05) is 6.54 Å². The summed E-state index contributed by atoms with van der Waals surface area (Å²) in [5, 5.41) is 8.25. The summed E-state index contributed by atoms with van der Waals surface area (Å²) in [6.45, 7) is 10.7. The smallest absolute Gasteiger partial charge is 0.0738 e. The quantitative estimate of drug-likeness (QED) is 0.573. The molecule has 21 heavy (non-hydrogen) atoms. The van der Waals surface area contributed by atoms with Gasteiger partial charge < -0.3 is 5.32 Å².